The van der Waals surface area contributed by atoms with Crippen LogP contribution in [0, 0.1) is 5.82 Å². The first-order valence-corrected chi connectivity index (χ1v) is 9.96. The van der Waals surface area contributed by atoms with Gasteiger partial charge in [-0.05, 0) is 48.0 Å². The number of amides is 1. The van der Waals surface area contributed by atoms with E-state index in [0.717, 1.165) is 10.8 Å². The van der Waals surface area contributed by atoms with Crippen LogP contribution in [0.15, 0.2) is 60.7 Å². The molecule has 30 heavy (non-hydrogen) atoms. The van der Waals surface area contributed by atoms with Gasteiger partial charge in [0.05, 0.1) is 5.69 Å². The zero-order valence-electron chi connectivity index (χ0n) is 16.8. The summed E-state index contributed by atoms with van der Waals surface area (Å²) in [5, 5.41) is 2.18. The lowest BCUT2D eigenvalue weighted by molar-refractivity contribution is -0.133. The molecule has 4 rings (SSSR count). The molecule has 154 valence electrons. The number of hydrogen-bond acceptors (Lipinski definition) is 4. The van der Waals surface area contributed by atoms with Gasteiger partial charge in [-0.2, -0.15) is 0 Å². The third-order valence-corrected chi connectivity index (χ3v) is 5.41. The molecular weight excluding hydrogens is 383 g/mol. The predicted octanol–water partition coefficient (Wildman–Crippen LogP) is 3.91. The van der Waals surface area contributed by atoms with E-state index in [2.05, 4.69) is 0 Å². The minimum atomic E-state index is -0.415. The average molecular weight is 406 g/mol. The number of nitrogens with zero attached hydrogens (tertiary/aromatic N) is 2. The second-order valence-electron chi connectivity index (χ2n) is 7.39. The van der Waals surface area contributed by atoms with Crippen molar-refractivity contribution in [3.05, 3.63) is 72.0 Å². The molecule has 5 nitrogen and oxygen atoms in total. The summed E-state index contributed by atoms with van der Waals surface area (Å²) in [4.78, 5) is 27.6. The Hall–Kier alpha value is -3.41. The van der Waals surface area contributed by atoms with Gasteiger partial charge in [-0.3, -0.25) is 9.59 Å². The molecule has 0 atom stereocenters. The Morgan fingerprint density at radius 3 is 2.37 bits per heavy atom. The Balaban J connectivity index is 1.32. The van der Waals surface area contributed by atoms with Gasteiger partial charge in [-0.15, -0.1) is 0 Å². The molecule has 3 aromatic carbocycles. The molecule has 0 radical (unpaired) electrons. The van der Waals surface area contributed by atoms with Crippen molar-refractivity contribution in [1.82, 2.24) is 4.90 Å². The molecule has 0 unspecified atom stereocenters. The van der Waals surface area contributed by atoms with Crippen LogP contribution in [0.5, 0.6) is 5.75 Å². The fourth-order valence-electron chi connectivity index (χ4n) is 3.67. The smallest absolute Gasteiger partial charge is 0.260 e. The van der Waals surface area contributed by atoms with E-state index in [9.17, 15) is 14.0 Å². The van der Waals surface area contributed by atoms with Gasteiger partial charge in [0.15, 0.2) is 12.4 Å². The summed E-state index contributed by atoms with van der Waals surface area (Å²) >= 11 is 0. The quantitative estimate of drug-likeness (QED) is 0.603. The summed E-state index contributed by atoms with van der Waals surface area (Å²) in [7, 11) is 0. The van der Waals surface area contributed by atoms with E-state index in [1.165, 1.54) is 13.0 Å². The van der Waals surface area contributed by atoms with E-state index in [1.807, 2.05) is 47.4 Å². The molecule has 0 aromatic heterocycles. The number of rotatable bonds is 5. The van der Waals surface area contributed by atoms with Gasteiger partial charge >= 0.3 is 0 Å². The van der Waals surface area contributed by atoms with Crippen LogP contribution < -0.4 is 9.64 Å². The fourth-order valence-corrected chi connectivity index (χ4v) is 3.67. The van der Waals surface area contributed by atoms with Crippen molar-refractivity contribution in [2.45, 2.75) is 6.92 Å². The minimum absolute atomic E-state index is 0.0278. The normalized spacial score (nSPS) is 14.1. The van der Waals surface area contributed by atoms with Crippen LogP contribution in [0.3, 0.4) is 0 Å². The first-order chi connectivity index (χ1) is 14.5. The Kier molecular flexibility index (Phi) is 5.65. The molecule has 0 N–H and O–H groups in total. The van der Waals surface area contributed by atoms with E-state index in [4.69, 9.17) is 4.74 Å². The van der Waals surface area contributed by atoms with E-state index in [1.54, 1.807) is 17.0 Å². The summed E-state index contributed by atoms with van der Waals surface area (Å²) in [5.74, 6) is -0.00656. The summed E-state index contributed by atoms with van der Waals surface area (Å²) in [6.07, 6.45) is 0. The zero-order valence-corrected chi connectivity index (χ0v) is 16.8. The molecule has 0 saturated carbocycles. The maximum absolute atomic E-state index is 14.4. The van der Waals surface area contributed by atoms with Crippen molar-refractivity contribution in [2.24, 2.45) is 0 Å². The number of carbonyl (C=O) groups is 2. The number of ether oxygens (including phenoxy) is 1. The molecule has 1 heterocycles. The second kappa shape index (κ2) is 8.53. The maximum Gasteiger partial charge on any atom is 0.260 e. The van der Waals surface area contributed by atoms with E-state index >= 15 is 0 Å². The third kappa shape index (κ3) is 4.27. The Morgan fingerprint density at radius 2 is 1.67 bits per heavy atom. The molecule has 0 spiro atoms. The van der Waals surface area contributed by atoms with Gasteiger partial charge < -0.3 is 14.5 Å². The zero-order chi connectivity index (χ0) is 21.1. The molecule has 1 saturated heterocycles. The predicted molar refractivity (Wildman–Crippen MR) is 115 cm³/mol. The van der Waals surface area contributed by atoms with Crippen LogP contribution in [-0.4, -0.2) is 49.4 Å². The highest BCUT2D eigenvalue weighted by Gasteiger charge is 2.23. The molecule has 1 aliphatic heterocycles. The van der Waals surface area contributed by atoms with Gasteiger partial charge in [0.1, 0.15) is 11.6 Å². The highest BCUT2D eigenvalue weighted by atomic mass is 19.1. The number of fused-ring (bicyclic) bond motifs is 1. The summed E-state index contributed by atoms with van der Waals surface area (Å²) < 4.78 is 20.1. The van der Waals surface area contributed by atoms with Crippen LogP contribution in [0.25, 0.3) is 10.8 Å². The molecule has 0 aliphatic carbocycles. The number of halogens is 1. The van der Waals surface area contributed by atoms with Crippen molar-refractivity contribution in [2.75, 3.05) is 37.7 Å². The number of ketones is 1. The standard InChI is InChI=1S/C24H23FN2O3/c1-17(28)19-7-9-23(22(25)15-19)26-10-12-27(13-11-26)24(29)16-30-21-8-6-18-4-2-3-5-20(18)14-21/h2-9,14-15H,10-13,16H2,1H3. The van der Waals surface area contributed by atoms with E-state index in [-0.39, 0.29) is 18.3 Å². The van der Waals surface area contributed by atoms with Crippen molar-refractivity contribution < 1.29 is 18.7 Å². The van der Waals surface area contributed by atoms with Crippen molar-refractivity contribution >= 4 is 28.2 Å². The maximum atomic E-state index is 14.4. The van der Waals surface area contributed by atoms with Crippen LogP contribution in [-0.2, 0) is 4.79 Å². The largest absolute Gasteiger partial charge is 0.484 e. The first-order valence-electron chi connectivity index (χ1n) is 9.96. The number of carbonyl (C=O) groups excluding carboxylic acids is 2. The van der Waals surface area contributed by atoms with Gasteiger partial charge in [0.2, 0.25) is 0 Å². The van der Waals surface area contributed by atoms with Gasteiger partial charge in [-0.25, -0.2) is 4.39 Å². The summed E-state index contributed by atoms with van der Waals surface area (Å²) in [6.45, 7) is 3.43. The van der Waals surface area contributed by atoms with Crippen molar-refractivity contribution in [3.63, 3.8) is 0 Å². The molecule has 1 aliphatic rings. The third-order valence-electron chi connectivity index (χ3n) is 5.41. The average Bonchev–Trinajstić information content (AvgIpc) is 2.77. The van der Waals surface area contributed by atoms with Crippen LogP contribution in [0.1, 0.15) is 17.3 Å². The van der Waals surface area contributed by atoms with Gasteiger partial charge in [0.25, 0.3) is 5.91 Å². The lowest BCUT2D eigenvalue weighted by Crippen LogP contribution is -2.50. The van der Waals surface area contributed by atoms with Gasteiger partial charge in [-0.1, -0.05) is 30.3 Å². The lowest BCUT2D eigenvalue weighted by Gasteiger charge is -2.36. The molecule has 0 bridgehead atoms. The highest BCUT2D eigenvalue weighted by Crippen LogP contribution is 2.23. The van der Waals surface area contributed by atoms with E-state index in [0.29, 0.717) is 43.2 Å². The Bertz CT molecular complexity index is 1090. The van der Waals surface area contributed by atoms with Crippen molar-refractivity contribution in [1.29, 1.82) is 0 Å². The monoisotopic (exact) mass is 406 g/mol. The number of Topliss-reactive ketones (excluding diaryl/α,β-unsaturated/α-hetero) is 1. The van der Waals surface area contributed by atoms with Crippen LogP contribution in [0.4, 0.5) is 10.1 Å². The Labute approximate surface area is 174 Å². The van der Waals surface area contributed by atoms with Gasteiger partial charge in [0, 0.05) is 31.7 Å². The summed E-state index contributed by atoms with van der Waals surface area (Å²) in [6, 6.07) is 18.3. The highest BCUT2D eigenvalue weighted by molar-refractivity contribution is 5.94. The van der Waals surface area contributed by atoms with Crippen LogP contribution >= 0.6 is 0 Å². The topological polar surface area (TPSA) is 49.9 Å². The molecule has 3 aromatic rings. The van der Waals surface area contributed by atoms with E-state index < -0.39 is 5.82 Å². The SMILES string of the molecule is CC(=O)c1ccc(N2CCN(C(=O)COc3ccc4ccccc4c3)CC2)c(F)c1. The van der Waals surface area contributed by atoms with Crippen LogP contribution in [0.2, 0.25) is 0 Å². The molecule has 1 fully saturated rings. The number of benzene rings is 3. The second-order valence-corrected chi connectivity index (χ2v) is 7.39. The molecular formula is C24H23FN2O3. The minimum Gasteiger partial charge on any atom is -0.484 e. The fraction of sp³-hybridized carbons (Fsp3) is 0.250. The summed E-state index contributed by atoms with van der Waals surface area (Å²) in [5.41, 5.74) is 0.815. The number of anilines is 1. The first kappa shape index (κ1) is 19.9. The number of piperazine rings is 1. The van der Waals surface area contributed by atoms with Crippen molar-refractivity contribution in [3.8, 4) is 5.75 Å². The Morgan fingerprint density at radius 1 is 0.933 bits per heavy atom. The molecule has 1 amide bonds. The lowest BCUT2D eigenvalue weighted by atomic mass is 10.1. The molecule has 6 heteroatoms. The number of hydrogen-bond donors (Lipinski definition) is 0.